The fourth-order valence-electron chi connectivity index (χ4n) is 1.76. The molecule has 0 aliphatic rings. The van der Waals surface area contributed by atoms with Gasteiger partial charge >= 0.3 is 0 Å². The molecule has 0 saturated heterocycles. The van der Waals surface area contributed by atoms with Gasteiger partial charge in [-0.05, 0) is 24.1 Å². The number of carbonyl (C=O) groups is 1. The standard InChI is InChI=1S/C14H18N4O/c1-18(2)12-6-3-11(4-7-12)5-8-14(19)16-13-9-10-15-17-13/h3-4,6-7,9-10H,5,8H2,1-2H3,(H2,15,16,17,19). The maximum absolute atomic E-state index is 11.7. The molecule has 1 amide bonds. The molecule has 0 spiro atoms. The number of benzene rings is 1. The molecular weight excluding hydrogens is 240 g/mol. The molecule has 0 radical (unpaired) electrons. The third-order valence-corrected chi connectivity index (χ3v) is 2.87. The maximum Gasteiger partial charge on any atom is 0.225 e. The van der Waals surface area contributed by atoms with Gasteiger partial charge in [-0.3, -0.25) is 9.89 Å². The van der Waals surface area contributed by atoms with Crippen LogP contribution < -0.4 is 10.2 Å². The molecule has 1 heterocycles. The first-order valence-corrected chi connectivity index (χ1v) is 6.20. The van der Waals surface area contributed by atoms with Crippen molar-refractivity contribution in [2.75, 3.05) is 24.3 Å². The van der Waals surface area contributed by atoms with Gasteiger partial charge in [-0.1, -0.05) is 12.1 Å². The highest BCUT2D eigenvalue weighted by atomic mass is 16.1. The average Bonchev–Trinajstić information content (AvgIpc) is 2.89. The number of aromatic amines is 1. The minimum absolute atomic E-state index is 0.0130. The molecular formula is C14H18N4O. The predicted molar refractivity (Wildman–Crippen MR) is 76.3 cm³/mol. The summed E-state index contributed by atoms with van der Waals surface area (Å²) in [6.07, 6.45) is 2.80. The molecule has 100 valence electrons. The minimum Gasteiger partial charge on any atom is -0.378 e. The van der Waals surface area contributed by atoms with Crippen molar-refractivity contribution in [3.63, 3.8) is 0 Å². The molecule has 19 heavy (non-hydrogen) atoms. The van der Waals surface area contributed by atoms with E-state index in [0.29, 0.717) is 12.2 Å². The van der Waals surface area contributed by atoms with Crippen LogP contribution in [0.5, 0.6) is 0 Å². The van der Waals surface area contributed by atoms with E-state index in [4.69, 9.17) is 0 Å². The number of hydrogen-bond acceptors (Lipinski definition) is 3. The topological polar surface area (TPSA) is 61.0 Å². The van der Waals surface area contributed by atoms with Gasteiger partial charge in [0.2, 0.25) is 5.91 Å². The largest absolute Gasteiger partial charge is 0.378 e. The first kappa shape index (κ1) is 13.1. The van der Waals surface area contributed by atoms with Crippen LogP contribution in [0.2, 0.25) is 0 Å². The Bertz CT molecular complexity index is 517. The Kier molecular flexibility index (Phi) is 4.18. The lowest BCUT2D eigenvalue weighted by Crippen LogP contribution is -2.12. The number of H-pyrrole nitrogens is 1. The second-order valence-electron chi connectivity index (χ2n) is 4.58. The Morgan fingerprint density at radius 3 is 2.58 bits per heavy atom. The SMILES string of the molecule is CN(C)c1ccc(CCC(=O)Nc2ccn[nH]2)cc1. The number of anilines is 2. The van der Waals surface area contributed by atoms with Gasteiger partial charge in [-0.2, -0.15) is 5.10 Å². The second-order valence-corrected chi connectivity index (χ2v) is 4.58. The lowest BCUT2D eigenvalue weighted by Gasteiger charge is -2.12. The van der Waals surface area contributed by atoms with Crippen molar-refractivity contribution in [1.82, 2.24) is 10.2 Å². The first-order valence-electron chi connectivity index (χ1n) is 6.20. The molecule has 1 aromatic heterocycles. The molecule has 0 saturated carbocycles. The minimum atomic E-state index is -0.0130. The van der Waals surface area contributed by atoms with Crippen molar-refractivity contribution in [3.8, 4) is 0 Å². The number of hydrogen-bond donors (Lipinski definition) is 2. The van der Waals surface area contributed by atoms with Gasteiger partial charge in [0.15, 0.2) is 0 Å². The molecule has 5 nitrogen and oxygen atoms in total. The van der Waals surface area contributed by atoms with E-state index in [1.54, 1.807) is 12.3 Å². The van der Waals surface area contributed by atoms with Gasteiger partial charge < -0.3 is 10.2 Å². The number of nitrogens with zero attached hydrogens (tertiary/aromatic N) is 2. The Morgan fingerprint density at radius 1 is 1.26 bits per heavy atom. The van der Waals surface area contributed by atoms with E-state index in [2.05, 4.69) is 44.7 Å². The number of nitrogens with one attached hydrogen (secondary N) is 2. The Labute approximate surface area is 112 Å². The van der Waals surface area contributed by atoms with Crippen molar-refractivity contribution >= 4 is 17.4 Å². The number of aryl methyl sites for hydroxylation is 1. The van der Waals surface area contributed by atoms with Crippen molar-refractivity contribution in [3.05, 3.63) is 42.1 Å². The fraction of sp³-hybridized carbons (Fsp3) is 0.286. The highest BCUT2D eigenvalue weighted by Gasteiger charge is 2.04. The Hall–Kier alpha value is -2.30. The molecule has 5 heteroatoms. The summed E-state index contributed by atoms with van der Waals surface area (Å²) in [4.78, 5) is 13.7. The summed E-state index contributed by atoms with van der Waals surface area (Å²) in [6, 6.07) is 9.95. The van der Waals surface area contributed by atoms with Gasteiger partial charge in [0.25, 0.3) is 0 Å². The number of rotatable bonds is 5. The lowest BCUT2D eigenvalue weighted by atomic mass is 10.1. The summed E-state index contributed by atoms with van der Waals surface area (Å²) in [5, 5.41) is 9.23. The highest BCUT2D eigenvalue weighted by molar-refractivity contribution is 5.89. The smallest absolute Gasteiger partial charge is 0.225 e. The zero-order chi connectivity index (χ0) is 13.7. The quantitative estimate of drug-likeness (QED) is 0.862. The van der Waals surface area contributed by atoms with Gasteiger partial charge in [-0.25, -0.2) is 0 Å². The van der Waals surface area contributed by atoms with Crippen LogP contribution in [-0.4, -0.2) is 30.2 Å². The van der Waals surface area contributed by atoms with Gasteiger partial charge in [0, 0.05) is 32.3 Å². The summed E-state index contributed by atoms with van der Waals surface area (Å²) in [7, 11) is 4.01. The van der Waals surface area contributed by atoms with E-state index in [-0.39, 0.29) is 5.91 Å². The zero-order valence-electron chi connectivity index (χ0n) is 11.2. The molecule has 0 aliphatic heterocycles. The number of carbonyl (C=O) groups excluding carboxylic acids is 1. The molecule has 0 unspecified atom stereocenters. The first-order chi connectivity index (χ1) is 9.15. The predicted octanol–water partition coefficient (Wildman–Crippen LogP) is 2.05. The van der Waals surface area contributed by atoms with E-state index in [1.165, 1.54) is 0 Å². The van der Waals surface area contributed by atoms with E-state index >= 15 is 0 Å². The zero-order valence-corrected chi connectivity index (χ0v) is 11.2. The van der Waals surface area contributed by atoms with Crippen LogP contribution in [0, 0.1) is 0 Å². The molecule has 2 N–H and O–H groups in total. The average molecular weight is 258 g/mol. The monoisotopic (exact) mass is 258 g/mol. The Balaban J connectivity index is 1.83. The molecule has 2 aromatic rings. The van der Waals surface area contributed by atoms with E-state index in [1.807, 2.05) is 14.1 Å². The van der Waals surface area contributed by atoms with Crippen LogP contribution in [0.15, 0.2) is 36.5 Å². The summed E-state index contributed by atoms with van der Waals surface area (Å²) >= 11 is 0. The molecule has 0 bridgehead atoms. The molecule has 2 rings (SSSR count). The van der Waals surface area contributed by atoms with Crippen LogP contribution in [0.4, 0.5) is 11.5 Å². The van der Waals surface area contributed by atoms with Crippen molar-refractivity contribution in [1.29, 1.82) is 0 Å². The summed E-state index contributed by atoms with van der Waals surface area (Å²) in [5.74, 6) is 0.619. The second kappa shape index (κ2) is 6.04. The molecule has 0 atom stereocenters. The van der Waals surface area contributed by atoms with Crippen molar-refractivity contribution < 1.29 is 4.79 Å². The van der Waals surface area contributed by atoms with Gasteiger partial charge in [0.05, 0.1) is 6.20 Å². The maximum atomic E-state index is 11.7. The Morgan fingerprint density at radius 2 is 2.00 bits per heavy atom. The van der Waals surface area contributed by atoms with Crippen LogP contribution in [0.3, 0.4) is 0 Å². The fourth-order valence-corrected chi connectivity index (χ4v) is 1.76. The van der Waals surface area contributed by atoms with Crippen LogP contribution in [0.1, 0.15) is 12.0 Å². The molecule has 0 aliphatic carbocycles. The van der Waals surface area contributed by atoms with Gasteiger partial charge in [-0.15, -0.1) is 0 Å². The third-order valence-electron chi connectivity index (χ3n) is 2.87. The number of aromatic nitrogens is 2. The molecule has 0 fully saturated rings. The van der Waals surface area contributed by atoms with Crippen molar-refractivity contribution in [2.24, 2.45) is 0 Å². The summed E-state index contributed by atoms with van der Waals surface area (Å²) < 4.78 is 0. The van der Waals surface area contributed by atoms with Gasteiger partial charge in [0.1, 0.15) is 5.82 Å². The number of amides is 1. The van der Waals surface area contributed by atoms with E-state index in [0.717, 1.165) is 17.7 Å². The summed E-state index contributed by atoms with van der Waals surface area (Å²) in [6.45, 7) is 0. The van der Waals surface area contributed by atoms with Crippen LogP contribution in [0.25, 0.3) is 0 Å². The van der Waals surface area contributed by atoms with Crippen LogP contribution >= 0.6 is 0 Å². The normalized spacial score (nSPS) is 10.2. The van der Waals surface area contributed by atoms with Crippen LogP contribution in [-0.2, 0) is 11.2 Å². The van der Waals surface area contributed by atoms with E-state index in [9.17, 15) is 4.79 Å². The summed E-state index contributed by atoms with van der Waals surface area (Å²) in [5.41, 5.74) is 2.32. The van der Waals surface area contributed by atoms with E-state index < -0.39 is 0 Å². The third kappa shape index (κ3) is 3.84. The highest BCUT2D eigenvalue weighted by Crippen LogP contribution is 2.13. The molecule has 1 aromatic carbocycles. The lowest BCUT2D eigenvalue weighted by molar-refractivity contribution is -0.116. The van der Waals surface area contributed by atoms with Crippen molar-refractivity contribution in [2.45, 2.75) is 12.8 Å².